The second-order valence-electron chi connectivity index (χ2n) is 3.11. The highest BCUT2D eigenvalue weighted by atomic mass is 32.2. The number of thiol groups is 2. The van der Waals surface area contributed by atoms with E-state index in [0.717, 1.165) is 0 Å². The maximum absolute atomic E-state index is 11.2. The molecule has 0 amide bonds. The Morgan fingerprint density at radius 3 is 2.12 bits per heavy atom. The summed E-state index contributed by atoms with van der Waals surface area (Å²) >= 11 is 7.87. The van der Waals surface area contributed by atoms with Crippen LogP contribution in [0.1, 0.15) is 6.92 Å². The molecule has 0 rings (SSSR count). The summed E-state index contributed by atoms with van der Waals surface area (Å²) in [6, 6.07) is 0. The standard InChI is InChI=1S/C9H18O5S2/c1-9(15,16)8(11)14-7-6-13-5-4-12-3-2-10/h10,15-16H,2-7H2,1H3. The molecular formula is C9H18O5S2. The molecule has 0 saturated carbocycles. The Hall–Kier alpha value is 0.0500. The van der Waals surface area contributed by atoms with Crippen LogP contribution in [0, 0.1) is 0 Å². The first-order valence-corrected chi connectivity index (χ1v) is 5.76. The first-order chi connectivity index (χ1) is 7.48. The average molecular weight is 270 g/mol. The van der Waals surface area contributed by atoms with Gasteiger partial charge in [-0.2, -0.15) is 25.3 Å². The molecule has 0 bridgehead atoms. The Morgan fingerprint density at radius 2 is 1.62 bits per heavy atom. The molecular weight excluding hydrogens is 252 g/mol. The highest BCUT2D eigenvalue weighted by Crippen LogP contribution is 2.19. The molecule has 0 atom stereocenters. The van der Waals surface area contributed by atoms with Crippen LogP contribution in [-0.2, 0) is 19.0 Å². The maximum Gasteiger partial charge on any atom is 0.331 e. The first-order valence-electron chi connectivity index (χ1n) is 4.87. The predicted octanol–water partition coefficient (Wildman–Crippen LogP) is 0.131. The summed E-state index contributed by atoms with van der Waals surface area (Å²) in [6.07, 6.45) is 0. The molecule has 0 heterocycles. The van der Waals surface area contributed by atoms with Crippen LogP contribution in [0.3, 0.4) is 0 Å². The zero-order valence-electron chi connectivity index (χ0n) is 9.22. The molecule has 7 heteroatoms. The van der Waals surface area contributed by atoms with Gasteiger partial charge >= 0.3 is 5.97 Å². The van der Waals surface area contributed by atoms with Crippen LogP contribution in [0.5, 0.6) is 0 Å². The highest BCUT2D eigenvalue weighted by molar-refractivity contribution is 8.01. The molecule has 0 aliphatic rings. The van der Waals surface area contributed by atoms with Crippen molar-refractivity contribution in [3.05, 3.63) is 0 Å². The lowest BCUT2D eigenvalue weighted by molar-refractivity contribution is -0.145. The van der Waals surface area contributed by atoms with Gasteiger partial charge in [0, 0.05) is 0 Å². The van der Waals surface area contributed by atoms with Gasteiger partial charge in [0.25, 0.3) is 0 Å². The molecule has 0 aliphatic carbocycles. The Morgan fingerprint density at radius 1 is 1.12 bits per heavy atom. The van der Waals surface area contributed by atoms with Crippen LogP contribution in [0.15, 0.2) is 0 Å². The third-order valence-electron chi connectivity index (χ3n) is 1.46. The van der Waals surface area contributed by atoms with E-state index in [-0.39, 0.29) is 13.2 Å². The van der Waals surface area contributed by atoms with Gasteiger partial charge in [-0.25, -0.2) is 4.79 Å². The Balaban J connectivity index is 3.25. The molecule has 0 unspecified atom stereocenters. The lowest BCUT2D eigenvalue weighted by Crippen LogP contribution is -2.26. The molecule has 0 aromatic carbocycles. The lowest BCUT2D eigenvalue weighted by atomic mass is 10.5. The number of carbonyl (C=O) groups excluding carboxylic acids is 1. The van der Waals surface area contributed by atoms with Crippen molar-refractivity contribution >= 4 is 31.2 Å². The summed E-state index contributed by atoms with van der Waals surface area (Å²) in [7, 11) is 0. The van der Waals surface area contributed by atoms with Gasteiger partial charge in [-0.3, -0.25) is 0 Å². The van der Waals surface area contributed by atoms with Crippen LogP contribution < -0.4 is 0 Å². The predicted molar refractivity (Wildman–Crippen MR) is 66.1 cm³/mol. The van der Waals surface area contributed by atoms with Gasteiger partial charge in [-0.05, 0) is 6.92 Å². The quantitative estimate of drug-likeness (QED) is 0.241. The van der Waals surface area contributed by atoms with Crippen molar-refractivity contribution < 1.29 is 24.1 Å². The van der Waals surface area contributed by atoms with E-state index >= 15 is 0 Å². The fraction of sp³-hybridized carbons (Fsp3) is 0.889. The van der Waals surface area contributed by atoms with E-state index in [4.69, 9.17) is 19.3 Å². The largest absolute Gasteiger partial charge is 0.462 e. The molecule has 0 fully saturated rings. The number of aliphatic hydroxyl groups excluding tert-OH is 1. The summed E-state index contributed by atoms with van der Waals surface area (Å²) in [5, 5.41) is 8.41. The maximum atomic E-state index is 11.2. The number of esters is 1. The molecule has 1 N–H and O–H groups in total. The molecule has 0 spiro atoms. The minimum absolute atomic E-state index is 0.0000838. The van der Waals surface area contributed by atoms with Crippen LogP contribution in [0.25, 0.3) is 0 Å². The number of ether oxygens (including phenoxy) is 3. The zero-order chi connectivity index (χ0) is 12.4. The molecule has 0 saturated heterocycles. The van der Waals surface area contributed by atoms with Crippen molar-refractivity contribution in [1.29, 1.82) is 0 Å². The van der Waals surface area contributed by atoms with Gasteiger partial charge in [0.05, 0.1) is 33.0 Å². The molecule has 16 heavy (non-hydrogen) atoms. The number of hydrogen-bond acceptors (Lipinski definition) is 7. The molecule has 96 valence electrons. The van der Waals surface area contributed by atoms with Gasteiger partial charge in [0.2, 0.25) is 0 Å². The zero-order valence-corrected chi connectivity index (χ0v) is 11.0. The van der Waals surface area contributed by atoms with Gasteiger partial charge in [0.15, 0.2) is 4.08 Å². The number of rotatable bonds is 9. The second-order valence-corrected chi connectivity index (χ2v) is 5.25. The van der Waals surface area contributed by atoms with Crippen molar-refractivity contribution in [3.8, 4) is 0 Å². The van der Waals surface area contributed by atoms with Gasteiger partial charge in [-0.15, -0.1) is 0 Å². The summed E-state index contributed by atoms with van der Waals surface area (Å²) in [5.41, 5.74) is 0. The van der Waals surface area contributed by atoms with E-state index in [2.05, 4.69) is 25.3 Å². The van der Waals surface area contributed by atoms with Crippen molar-refractivity contribution in [1.82, 2.24) is 0 Å². The van der Waals surface area contributed by atoms with Crippen LogP contribution in [-0.4, -0.2) is 54.8 Å². The fourth-order valence-corrected chi connectivity index (χ4v) is 0.846. The van der Waals surface area contributed by atoms with E-state index in [9.17, 15) is 4.79 Å². The van der Waals surface area contributed by atoms with Crippen molar-refractivity contribution in [2.45, 2.75) is 11.0 Å². The molecule has 5 nitrogen and oxygen atoms in total. The lowest BCUT2D eigenvalue weighted by Gasteiger charge is -2.14. The first kappa shape index (κ1) is 16.1. The van der Waals surface area contributed by atoms with Crippen LogP contribution in [0.2, 0.25) is 0 Å². The topological polar surface area (TPSA) is 65.0 Å². The summed E-state index contributed by atoms with van der Waals surface area (Å²) in [5.74, 6) is -0.501. The van der Waals surface area contributed by atoms with Gasteiger partial charge < -0.3 is 19.3 Å². The van der Waals surface area contributed by atoms with E-state index in [1.54, 1.807) is 0 Å². The molecule has 0 aromatic heterocycles. The molecule has 0 aliphatic heterocycles. The van der Waals surface area contributed by atoms with E-state index in [1.165, 1.54) is 6.92 Å². The summed E-state index contributed by atoms with van der Waals surface area (Å²) in [4.78, 5) is 11.2. The van der Waals surface area contributed by atoms with E-state index in [1.807, 2.05) is 0 Å². The van der Waals surface area contributed by atoms with Crippen LogP contribution in [0.4, 0.5) is 0 Å². The van der Waals surface area contributed by atoms with E-state index < -0.39 is 10.0 Å². The summed E-state index contributed by atoms with van der Waals surface area (Å²) < 4.78 is 13.8. The van der Waals surface area contributed by atoms with Crippen LogP contribution >= 0.6 is 25.3 Å². The summed E-state index contributed by atoms with van der Waals surface area (Å²) in [6.45, 7) is 3.10. The molecule has 0 aromatic rings. The van der Waals surface area contributed by atoms with Crippen molar-refractivity contribution in [3.63, 3.8) is 0 Å². The van der Waals surface area contributed by atoms with Crippen molar-refractivity contribution in [2.24, 2.45) is 0 Å². The monoisotopic (exact) mass is 270 g/mol. The Kier molecular flexibility index (Phi) is 9.15. The number of carbonyl (C=O) groups is 1. The average Bonchev–Trinajstić information content (AvgIpc) is 2.20. The smallest absolute Gasteiger partial charge is 0.331 e. The van der Waals surface area contributed by atoms with E-state index in [0.29, 0.717) is 26.4 Å². The SMILES string of the molecule is CC(S)(S)C(=O)OCCOCCOCCO. The van der Waals surface area contributed by atoms with Gasteiger partial charge in [-0.1, -0.05) is 0 Å². The fourth-order valence-electron chi connectivity index (χ4n) is 0.717. The number of aliphatic hydroxyl groups is 1. The highest BCUT2D eigenvalue weighted by Gasteiger charge is 2.25. The van der Waals surface area contributed by atoms with Crippen molar-refractivity contribution in [2.75, 3.05) is 39.6 Å². The Bertz CT molecular complexity index is 193. The number of hydrogen-bond donors (Lipinski definition) is 3. The second kappa shape index (κ2) is 9.12. The molecule has 0 radical (unpaired) electrons. The van der Waals surface area contributed by atoms with Gasteiger partial charge in [0.1, 0.15) is 6.61 Å². The third-order valence-corrected chi connectivity index (χ3v) is 1.82. The third kappa shape index (κ3) is 9.29. The minimum Gasteiger partial charge on any atom is -0.462 e. The minimum atomic E-state index is -1.08. The normalized spacial score (nSPS) is 11.5. The Labute approximate surface area is 106 Å².